The van der Waals surface area contributed by atoms with E-state index in [-0.39, 0.29) is 17.9 Å². The molecule has 0 bridgehead atoms. The molecule has 1 aromatic heterocycles. The third-order valence-electron chi connectivity index (χ3n) is 4.29. The standard InChI is InChI=1S/C19H21N5O4/c1-2-28-18(27)14-5-3-4-6-15(14)21-17(26)16-7-8-20-19(22-16)24-11-9-23(13-25)10-12-24/h3-8,13H,2,9-12H2,1H3,(H,21,26). The van der Waals surface area contributed by atoms with E-state index in [9.17, 15) is 14.4 Å². The predicted molar refractivity (Wildman–Crippen MR) is 102 cm³/mol. The van der Waals surface area contributed by atoms with Gasteiger partial charge in [0.2, 0.25) is 12.4 Å². The van der Waals surface area contributed by atoms with Crippen molar-refractivity contribution in [3.63, 3.8) is 0 Å². The van der Waals surface area contributed by atoms with Gasteiger partial charge in [-0.2, -0.15) is 0 Å². The Morgan fingerprint density at radius 2 is 1.93 bits per heavy atom. The normalized spacial score (nSPS) is 13.8. The van der Waals surface area contributed by atoms with Gasteiger partial charge in [0.25, 0.3) is 5.91 Å². The van der Waals surface area contributed by atoms with Gasteiger partial charge in [-0.25, -0.2) is 14.8 Å². The van der Waals surface area contributed by atoms with Crippen LogP contribution in [-0.4, -0.2) is 65.9 Å². The highest BCUT2D eigenvalue weighted by Crippen LogP contribution is 2.18. The van der Waals surface area contributed by atoms with E-state index < -0.39 is 11.9 Å². The Morgan fingerprint density at radius 1 is 1.18 bits per heavy atom. The number of hydrogen-bond acceptors (Lipinski definition) is 7. The molecule has 9 heteroatoms. The largest absolute Gasteiger partial charge is 0.462 e. The first-order valence-electron chi connectivity index (χ1n) is 8.97. The maximum Gasteiger partial charge on any atom is 0.340 e. The van der Waals surface area contributed by atoms with E-state index in [4.69, 9.17) is 4.74 Å². The summed E-state index contributed by atoms with van der Waals surface area (Å²) in [4.78, 5) is 47.7. The molecule has 1 saturated heterocycles. The fourth-order valence-corrected chi connectivity index (χ4v) is 2.82. The molecule has 1 aromatic carbocycles. The number of ether oxygens (including phenoxy) is 1. The molecular formula is C19H21N5O4. The lowest BCUT2D eigenvalue weighted by atomic mass is 10.1. The monoisotopic (exact) mass is 383 g/mol. The number of esters is 1. The maximum atomic E-state index is 12.7. The third kappa shape index (κ3) is 4.43. The van der Waals surface area contributed by atoms with Gasteiger partial charge in [-0.15, -0.1) is 0 Å². The number of piperazine rings is 1. The number of hydrogen-bond donors (Lipinski definition) is 1. The smallest absolute Gasteiger partial charge is 0.340 e. The Bertz CT molecular complexity index is 865. The zero-order chi connectivity index (χ0) is 19.9. The van der Waals surface area contributed by atoms with Gasteiger partial charge in [0.15, 0.2) is 0 Å². The van der Waals surface area contributed by atoms with Crippen LogP contribution in [-0.2, 0) is 9.53 Å². The molecule has 0 atom stereocenters. The summed E-state index contributed by atoms with van der Waals surface area (Å²) in [5.74, 6) is -0.529. The zero-order valence-corrected chi connectivity index (χ0v) is 15.5. The summed E-state index contributed by atoms with van der Waals surface area (Å²) in [6.45, 7) is 4.31. The number of nitrogens with one attached hydrogen (secondary N) is 1. The van der Waals surface area contributed by atoms with Gasteiger partial charge in [0.05, 0.1) is 17.9 Å². The molecule has 146 valence electrons. The summed E-state index contributed by atoms with van der Waals surface area (Å²) >= 11 is 0. The SMILES string of the molecule is CCOC(=O)c1ccccc1NC(=O)c1ccnc(N2CCN(C=O)CC2)n1. The average molecular weight is 383 g/mol. The van der Waals surface area contributed by atoms with Gasteiger partial charge in [0, 0.05) is 32.4 Å². The topological polar surface area (TPSA) is 105 Å². The second-order valence-corrected chi connectivity index (χ2v) is 6.09. The molecule has 1 fully saturated rings. The van der Waals surface area contributed by atoms with Crippen LogP contribution in [0.3, 0.4) is 0 Å². The molecule has 3 rings (SSSR count). The van der Waals surface area contributed by atoms with Crippen LogP contribution in [0.1, 0.15) is 27.8 Å². The van der Waals surface area contributed by atoms with Crippen molar-refractivity contribution in [3.8, 4) is 0 Å². The molecule has 28 heavy (non-hydrogen) atoms. The van der Waals surface area contributed by atoms with Gasteiger partial charge in [0.1, 0.15) is 5.69 Å². The molecule has 1 aliphatic heterocycles. The Morgan fingerprint density at radius 3 is 2.64 bits per heavy atom. The quantitative estimate of drug-likeness (QED) is 0.590. The van der Waals surface area contributed by atoms with Gasteiger partial charge >= 0.3 is 5.97 Å². The minimum atomic E-state index is -0.505. The highest BCUT2D eigenvalue weighted by molar-refractivity contribution is 6.07. The molecule has 0 unspecified atom stereocenters. The van der Waals surface area contributed by atoms with E-state index in [0.717, 1.165) is 6.41 Å². The van der Waals surface area contributed by atoms with Crippen molar-refractivity contribution in [2.45, 2.75) is 6.92 Å². The Labute approximate surface area is 162 Å². The van der Waals surface area contributed by atoms with Crippen molar-refractivity contribution >= 4 is 29.9 Å². The molecule has 2 heterocycles. The number of aromatic nitrogens is 2. The summed E-state index contributed by atoms with van der Waals surface area (Å²) < 4.78 is 5.02. The van der Waals surface area contributed by atoms with E-state index in [1.807, 2.05) is 4.90 Å². The van der Waals surface area contributed by atoms with Crippen molar-refractivity contribution in [1.82, 2.24) is 14.9 Å². The number of carbonyl (C=O) groups is 3. The summed E-state index contributed by atoms with van der Waals surface area (Å²) in [5.41, 5.74) is 0.809. The van der Waals surface area contributed by atoms with Crippen LogP contribution in [0.4, 0.5) is 11.6 Å². The fraction of sp³-hybridized carbons (Fsp3) is 0.316. The molecule has 1 N–H and O–H groups in total. The summed E-state index contributed by atoms with van der Waals surface area (Å²) in [7, 11) is 0. The molecule has 9 nitrogen and oxygen atoms in total. The fourth-order valence-electron chi connectivity index (χ4n) is 2.82. The lowest BCUT2D eigenvalue weighted by molar-refractivity contribution is -0.118. The van der Waals surface area contributed by atoms with Gasteiger partial charge in [-0.3, -0.25) is 9.59 Å². The second-order valence-electron chi connectivity index (χ2n) is 6.09. The second kappa shape index (κ2) is 8.94. The van der Waals surface area contributed by atoms with Crippen LogP contribution in [0.2, 0.25) is 0 Å². The zero-order valence-electron chi connectivity index (χ0n) is 15.5. The Kier molecular flexibility index (Phi) is 6.15. The summed E-state index contributed by atoms with van der Waals surface area (Å²) in [6, 6.07) is 8.14. The molecule has 2 amide bonds. The number of amides is 2. The van der Waals surface area contributed by atoms with E-state index in [1.54, 1.807) is 36.1 Å². The van der Waals surface area contributed by atoms with Gasteiger partial charge < -0.3 is 19.9 Å². The molecule has 0 aliphatic carbocycles. The first kappa shape index (κ1) is 19.3. The van der Waals surface area contributed by atoms with Crippen molar-refractivity contribution in [1.29, 1.82) is 0 Å². The van der Waals surface area contributed by atoms with Crippen LogP contribution in [0.25, 0.3) is 0 Å². The Balaban J connectivity index is 1.74. The maximum absolute atomic E-state index is 12.7. The van der Waals surface area contributed by atoms with Crippen LogP contribution in [0.15, 0.2) is 36.5 Å². The van der Waals surface area contributed by atoms with Crippen LogP contribution in [0.5, 0.6) is 0 Å². The van der Waals surface area contributed by atoms with Crippen molar-refractivity contribution in [2.75, 3.05) is 43.0 Å². The van der Waals surface area contributed by atoms with Crippen molar-refractivity contribution in [3.05, 3.63) is 47.8 Å². The Hall–Kier alpha value is -3.49. The highest BCUT2D eigenvalue weighted by Gasteiger charge is 2.20. The molecule has 1 aliphatic rings. The average Bonchev–Trinajstić information content (AvgIpc) is 2.74. The highest BCUT2D eigenvalue weighted by atomic mass is 16.5. The molecule has 0 spiro atoms. The lowest BCUT2D eigenvalue weighted by Gasteiger charge is -2.32. The summed E-state index contributed by atoms with van der Waals surface area (Å²) in [5, 5.41) is 2.71. The number of nitrogens with zero attached hydrogens (tertiary/aromatic N) is 4. The molecular weight excluding hydrogens is 362 g/mol. The first-order valence-corrected chi connectivity index (χ1v) is 8.97. The number of benzene rings is 1. The minimum absolute atomic E-state index is 0.182. The molecule has 2 aromatic rings. The minimum Gasteiger partial charge on any atom is -0.462 e. The van der Waals surface area contributed by atoms with Gasteiger partial charge in [-0.1, -0.05) is 12.1 Å². The number of para-hydroxylation sites is 1. The van der Waals surface area contributed by atoms with E-state index in [2.05, 4.69) is 15.3 Å². The third-order valence-corrected chi connectivity index (χ3v) is 4.29. The number of anilines is 2. The lowest BCUT2D eigenvalue weighted by Crippen LogP contribution is -2.46. The van der Waals surface area contributed by atoms with Crippen molar-refractivity contribution in [2.24, 2.45) is 0 Å². The predicted octanol–water partition coefficient (Wildman–Crippen LogP) is 1.18. The van der Waals surface area contributed by atoms with Crippen LogP contribution >= 0.6 is 0 Å². The van der Waals surface area contributed by atoms with Crippen molar-refractivity contribution < 1.29 is 19.1 Å². The molecule has 0 saturated carbocycles. The van der Waals surface area contributed by atoms with E-state index in [1.165, 1.54) is 12.3 Å². The molecule has 0 radical (unpaired) electrons. The number of carbonyl (C=O) groups excluding carboxylic acids is 3. The van der Waals surface area contributed by atoms with Crippen LogP contribution in [0, 0.1) is 0 Å². The van der Waals surface area contributed by atoms with E-state index in [0.29, 0.717) is 37.8 Å². The summed E-state index contributed by atoms with van der Waals surface area (Å²) in [6.07, 6.45) is 2.34. The van der Waals surface area contributed by atoms with E-state index >= 15 is 0 Å². The first-order chi connectivity index (χ1) is 13.6. The van der Waals surface area contributed by atoms with Gasteiger partial charge in [-0.05, 0) is 25.1 Å². The number of rotatable bonds is 6. The van der Waals surface area contributed by atoms with Crippen LogP contribution < -0.4 is 10.2 Å².